The number of hydrogen-bond donors (Lipinski definition) is 1. The highest BCUT2D eigenvalue weighted by atomic mass is 35.5. The fourth-order valence-electron chi connectivity index (χ4n) is 2.50. The highest BCUT2D eigenvalue weighted by molar-refractivity contribution is 6.32. The molecule has 1 aromatic heterocycles. The van der Waals surface area contributed by atoms with Crippen molar-refractivity contribution in [2.75, 3.05) is 0 Å². The average Bonchev–Trinajstić information content (AvgIpc) is 2.46. The van der Waals surface area contributed by atoms with Gasteiger partial charge < -0.3 is 5.32 Å². The number of carbonyl (C=O) groups is 1. The van der Waals surface area contributed by atoms with Crippen molar-refractivity contribution in [1.82, 2.24) is 10.3 Å². The van der Waals surface area contributed by atoms with Crippen LogP contribution in [0.25, 0.3) is 0 Å². The summed E-state index contributed by atoms with van der Waals surface area (Å²) in [6.07, 6.45) is 7.01. The third-order valence-electron chi connectivity index (χ3n) is 3.55. The molecule has 1 aromatic rings. The average molecular weight is 278 g/mol. The van der Waals surface area contributed by atoms with Crippen molar-refractivity contribution in [1.29, 1.82) is 5.26 Å². The standard InChI is InChI=1S/C14H16ClN3O/c15-13-11(7-4-8-17-13)14(19)18-12(9-16)10-5-2-1-3-6-10/h4,7-8,10,12H,1-3,5-6H2,(H,18,19). The van der Waals surface area contributed by atoms with Crippen LogP contribution >= 0.6 is 11.6 Å². The van der Waals surface area contributed by atoms with Gasteiger partial charge in [0, 0.05) is 6.20 Å². The number of carbonyl (C=O) groups excluding carboxylic acids is 1. The van der Waals surface area contributed by atoms with Gasteiger partial charge in [-0.05, 0) is 30.9 Å². The summed E-state index contributed by atoms with van der Waals surface area (Å²) in [5.41, 5.74) is 0.320. The Morgan fingerprint density at radius 1 is 1.47 bits per heavy atom. The lowest BCUT2D eigenvalue weighted by molar-refractivity contribution is 0.0928. The molecule has 100 valence electrons. The molecule has 0 saturated heterocycles. The molecular formula is C14H16ClN3O. The van der Waals surface area contributed by atoms with E-state index < -0.39 is 6.04 Å². The summed E-state index contributed by atoms with van der Waals surface area (Å²) in [6.45, 7) is 0. The molecule has 1 saturated carbocycles. The Morgan fingerprint density at radius 3 is 2.84 bits per heavy atom. The van der Waals surface area contributed by atoms with Crippen molar-refractivity contribution in [3.63, 3.8) is 0 Å². The van der Waals surface area contributed by atoms with E-state index in [0.717, 1.165) is 25.7 Å². The minimum absolute atomic E-state index is 0.167. The molecule has 1 fully saturated rings. The van der Waals surface area contributed by atoms with E-state index in [-0.39, 0.29) is 17.0 Å². The predicted octanol–water partition coefficient (Wildman–Crippen LogP) is 2.94. The number of nitriles is 1. The Balaban J connectivity index is 2.04. The van der Waals surface area contributed by atoms with Crippen LogP contribution < -0.4 is 5.32 Å². The first-order valence-corrected chi connectivity index (χ1v) is 6.91. The molecule has 1 heterocycles. The second-order valence-electron chi connectivity index (χ2n) is 4.82. The van der Waals surface area contributed by atoms with Gasteiger partial charge in [0.25, 0.3) is 5.91 Å². The Hall–Kier alpha value is -1.60. The molecule has 1 N–H and O–H groups in total. The zero-order chi connectivity index (χ0) is 13.7. The molecule has 1 aliphatic rings. The van der Waals surface area contributed by atoms with Gasteiger partial charge in [0.05, 0.1) is 11.6 Å². The monoisotopic (exact) mass is 277 g/mol. The third kappa shape index (κ3) is 3.45. The van der Waals surface area contributed by atoms with Gasteiger partial charge in [-0.1, -0.05) is 30.9 Å². The van der Waals surface area contributed by atoms with Crippen LogP contribution in [0.1, 0.15) is 42.5 Å². The molecule has 0 radical (unpaired) electrons. The summed E-state index contributed by atoms with van der Waals surface area (Å²) < 4.78 is 0. The molecular weight excluding hydrogens is 262 g/mol. The molecule has 0 aromatic carbocycles. The largest absolute Gasteiger partial charge is 0.336 e. The van der Waals surface area contributed by atoms with Gasteiger partial charge in [0.1, 0.15) is 11.2 Å². The van der Waals surface area contributed by atoms with Crippen LogP contribution in [0, 0.1) is 17.2 Å². The first-order chi connectivity index (χ1) is 9.22. The lowest BCUT2D eigenvalue weighted by Gasteiger charge is -2.26. The molecule has 0 bridgehead atoms. The van der Waals surface area contributed by atoms with E-state index in [9.17, 15) is 10.1 Å². The molecule has 5 heteroatoms. The Bertz CT molecular complexity index is 492. The molecule has 2 rings (SSSR count). The third-order valence-corrected chi connectivity index (χ3v) is 3.85. The van der Waals surface area contributed by atoms with Crippen molar-refractivity contribution in [2.45, 2.75) is 38.1 Å². The van der Waals surface area contributed by atoms with Crippen LogP contribution in [-0.2, 0) is 0 Å². The maximum absolute atomic E-state index is 12.1. The number of halogens is 1. The minimum atomic E-state index is -0.441. The highest BCUT2D eigenvalue weighted by Gasteiger charge is 2.25. The summed E-state index contributed by atoms with van der Waals surface area (Å²) in [5.74, 6) is -0.0756. The molecule has 1 unspecified atom stereocenters. The lowest BCUT2D eigenvalue weighted by atomic mass is 9.84. The normalized spacial score (nSPS) is 17.5. The van der Waals surface area contributed by atoms with Crippen molar-refractivity contribution >= 4 is 17.5 Å². The van der Waals surface area contributed by atoms with E-state index in [2.05, 4.69) is 16.4 Å². The Morgan fingerprint density at radius 2 is 2.21 bits per heavy atom. The minimum Gasteiger partial charge on any atom is -0.336 e. The number of nitrogens with one attached hydrogen (secondary N) is 1. The highest BCUT2D eigenvalue weighted by Crippen LogP contribution is 2.26. The van der Waals surface area contributed by atoms with Crippen molar-refractivity contribution in [2.24, 2.45) is 5.92 Å². The van der Waals surface area contributed by atoms with Crippen molar-refractivity contribution in [3.8, 4) is 6.07 Å². The van der Waals surface area contributed by atoms with Gasteiger partial charge in [-0.25, -0.2) is 4.98 Å². The molecule has 1 amide bonds. The van der Waals surface area contributed by atoms with E-state index in [1.807, 2.05) is 0 Å². The molecule has 1 atom stereocenters. The Labute approximate surface area is 117 Å². The second kappa shape index (κ2) is 6.53. The summed E-state index contributed by atoms with van der Waals surface area (Å²) in [5, 5.41) is 12.2. The first-order valence-electron chi connectivity index (χ1n) is 6.53. The van der Waals surface area contributed by atoms with Crippen LogP contribution in [0.2, 0.25) is 5.15 Å². The quantitative estimate of drug-likeness (QED) is 0.864. The van der Waals surface area contributed by atoms with E-state index in [0.29, 0.717) is 5.56 Å². The Kier molecular flexibility index (Phi) is 4.75. The van der Waals surface area contributed by atoms with Gasteiger partial charge in [0.15, 0.2) is 0 Å². The zero-order valence-electron chi connectivity index (χ0n) is 10.6. The molecule has 0 aliphatic heterocycles. The summed E-state index contributed by atoms with van der Waals surface area (Å²) in [4.78, 5) is 16.0. The van der Waals surface area contributed by atoms with Crippen LogP contribution in [0.4, 0.5) is 0 Å². The number of rotatable bonds is 3. The van der Waals surface area contributed by atoms with E-state index in [4.69, 9.17) is 11.6 Å². The summed E-state index contributed by atoms with van der Waals surface area (Å²) in [6, 6.07) is 5.02. The van der Waals surface area contributed by atoms with Gasteiger partial charge in [-0.15, -0.1) is 0 Å². The lowest BCUT2D eigenvalue weighted by Crippen LogP contribution is -2.40. The maximum Gasteiger partial charge on any atom is 0.255 e. The van der Waals surface area contributed by atoms with Gasteiger partial charge in [-0.3, -0.25) is 4.79 Å². The van der Waals surface area contributed by atoms with E-state index >= 15 is 0 Å². The van der Waals surface area contributed by atoms with Crippen LogP contribution in [0.15, 0.2) is 18.3 Å². The van der Waals surface area contributed by atoms with Crippen LogP contribution in [0.5, 0.6) is 0 Å². The van der Waals surface area contributed by atoms with E-state index in [1.54, 1.807) is 12.1 Å². The van der Waals surface area contributed by atoms with Crippen LogP contribution in [-0.4, -0.2) is 16.9 Å². The first kappa shape index (κ1) is 13.8. The van der Waals surface area contributed by atoms with Gasteiger partial charge >= 0.3 is 0 Å². The number of amides is 1. The SMILES string of the molecule is N#CC(NC(=O)c1cccnc1Cl)C1CCCCC1. The smallest absolute Gasteiger partial charge is 0.255 e. The summed E-state index contributed by atoms with van der Waals surface area (Å²) in [7, 11) is 0. The molecule has 1 aliphatic carbocycles. The fraction of sp³-hybridized carbons (Fsp3) is 0.500. The van der Waals surface area contributed by atoms with Gasteiger partial charge in [0.2, 0.25) is 0 Å². The predicted molar refractivity (Wildman–Crippen MR) is 72.7 cm³/mol. The summed E-state index contributed by atoms with van der Waals surface area (Å²) >= 11 is 5.88. The number of aromatic nitrogens is 1. The van der Waals surface area contributed by atoms with Crippen molar-refractivity contribution in [3.05, 3.63) is 29.0 Å². The van der Waals surface area contributed by atoms with Crippen LogP contribution in [0.3, 0.4) is 0 Å². The van der Waals surface area contributed by atoms with Crippen molar-refractivity contribution < 1.29 is 4.79 Å². The topological polar surface area (TPSA) is 65.8 Å². The number of hydrogen-bond acceptors (Lipinski definition) is 3. The number of pyridine rings is 1. The fourth-order valence-corrected chi connectivity index (χ4v) is 2.70. The van der Waals surface area contributed by atoms with E-state index in [1.165, 1.54) is 12.6 Å². The van der Waals surface area contributed by atoms with Gasteiger partial charge in [-0.2, -0.15) is 5.26 Å². The molecule has 0 spiro atoms. The molecule has 4 nitrogen and oxygen atoms in total. The number of nitrogens with zero attached hydrogens (tertiary/aromatic N) is 2. The second-order valence-corrected chi connectivity index (χ2v) is 5.18. The maximum atomic E-state index is 12.1. The zero-order valence-corrected chi connectivity index (χ0v) is 11.4. The molecule has 19 heavy (non-hydrogen) atoms.